The summed E-state index contributed by atoms with van der Waals surface area (Å²) < 4.78 is 32.1. The molecule has 0 saturated carbocycles. The Hall–Kier alpha value is -2.95. The summed E-state index contributed by atoms with van der Waals surface area (Å²) in [5, 5.41) is 2.91. The normalized spacial score (nSPS) is 15.6. The monoisotopic (exact) mass is 502 g/mol. The average molecular weight is 503 g/mol. The van der Waals surface area contributed by atoms with E-state index in [1.54, 1.807) is 18.7 Å². The number of piperazine rings is 1. The predicted molar refractivity (Wildman–Crippen MR) is 134 cm³/mol. The number of nitrogens with one attached hydrogen (secondary N) is 1. The van der Waals surface area contributed by atoms with Crippen molar-refractivity contribution in [2.75, 3.05) is 45.8 Å². The molecule has 0 aliphatic carbocycles. The molecule has 2 aromatic rings. The molecule has 1 unspecified atom stereocenters. The highest BCUT2D eigenvalue weighted by Gasteiger charge is 2.32. The molecular weight excluding hydrogens is 468 g/mol. The number of likely N-dealkylation sites (N-methyl/N-ethyl adjacent to an activating group) is 1. The van der Waals surface area contributed by atoms with E-state index < -0.39 is 22.2 Å². The lowest BCUT2D eigenvalue weighted by Crippen LogP contribution is -2.53. The molecule has 35 heavy (non-hydrogen) atoms. The fourth-order valence-corrected chi connectivity index (χ4v) is 5.61. The molecule has 0 radical (unpaired) electrons. The predicted octanol–water partition coefficient (Wildman–Crippen LogP) is 2.71. The van der Waals surface area contributed by atoms with Crippen LogP contribution < -0.4 is 10.1 Å². The Morgan fingerprint density at radius 2 is 1.54 bits per heavy atom. The molecule has 0 aromatic heterocycles. The molecule has 1 heterocycles. The van der Waals surface area contributed by atoms with Gasteiger partial charge in [-0.25, -0.2) is 13.2 Å². The van der Waals surface area contributed by atoms with Crippen LogP contribution in [0.4, 0.5) is 4.79 Å². The highest BCUT2D eigenvalue weighted by molar-refractivity contribution is 7.89. The van der Waals surface area contributed by atoms with Crippen LogP contribution in [0.3, 0.4) is 0 Å². The number of hydrogen-bond acceptors (Lipinski definition) is 6. The van der Waals surface area contributed by atoms with Crippen LogP contribution >= 0.6 is 0 Å². The van der Waals surface area contributed by atoms with E-state index in [9.17, 15) is 18.0 Å². The summed E-state index contributed by atoms with van der Waals surface area (Å²) in [4.78, 5) is 29.3. The lowest BCUT2D eigenvalue weighted by atomic mass is 10.0. The highest BCUT2D eigenvalue weighted by atomic mass is 32.2. The first kappa shape index (κ1) is 26.7. The van der Waals surface area contributed by atoms with Crippen LogP contribution in [0.25, 0.3) is 0 Å². The number of rotatable bonds is 9. The third-order valence-corrected chi connectivity index (χ3v) is 8.09. The van der Waals surface area contributed by atoms with Gasteiger partial charge in [-0.1, -0.05) is 44.2 Å². The first-order valence-corrected chi connectivity index (χ1v) is 13.4. The van der Waals surface area contributed by atoms with Crippen LogP contribution in [0.1, 0.15) is 32.4 Å². The molecule has 1 aliphatic heterocycles. The number of carbonyl (C=O) groups is 2. The van der Waals surface area contributed by atoms with Crippen molar-refractivity contribution in [1.82, 2.24) is 19.4 Å². The minimum Gasteiger partial charge on any atom is -0.410 e. The number of hydrogen-bond donors (Lipinski definition) is 1. The SMILES string of the molecule is CCNC(=O)C(c1ccccc1)N1CCN(C(=O)Oc2ccc(S(=O)(=O)N(CC)CC)cc2)CC1. The van der Waals surface area contributed by atoms with Gasteiger partial charge in [0.1, 0.15) is 11.8 Å². The Morgan fingerprint density at radius 3 is 2.09 bits per heavy atom. The van der Waals surface area contributed by atoms with Crippen LogP contribution in [-0.2, 0) is 14.8 Å². The number of nitrogens with zero attached hydrogens (tertiary/aromatic N) is 3. The van der Waals surface area contributed by atoms with E-state index in [0.29, 0.717) is 45.8 Å². The van der Waals surface area contributed by atoms with Crippen molar-refractivity contribution < 1.29 is 22.7 Å². The quantitative estimate of drug-likeness (QED) is 0.566. The summed E-state index contributed by atoms with van der Waals surface area (Å²) in [7, 11) is -3.57. The maximum absolute atomic E-state index is 12.8. The van der Waals surface area contributed by atoms with Crippen LogP contribution in [0, 0.1) is 0 Å². The topological polar surface area (TPSA) is 99.3 Å². The maximum Gasteiger partial charge on any atom is 0.415 e. The lowest BCUT2D eigenvalue weighted by Gasteiger charge is -2.38. The summed E-state index contributed by atoms with van der Waals surface area (Å²) in [5.74, 6) is 0.217. The van der Waals surface area contributed by atoms with Gasteiger partial charge in [-0.2, -0.15) is 4.31 Å². The Balaban J connectivity index is 1.61. The molecule has 10 heteroatoms. The van der Waals surface area contributed by atoms with Crippen molar-refractivity contribution >= 4 is 22.0 Å². The van der Waals surface area contributed by atoms with Gasteiger partial charge in [0.05, 0.1) is 4.90 Å². The zero-order chi connectivity index (χ0) is 25.4. The van der Waals surface area contributed by atoms with Gasteiger partial charge < -0.3 is 15.0 Å². The smallest absolute Gasteiger partial charge is 0.410 e. The number of benzene rings is 2. The molecule has 9 nitrogen and oxygen atoms in total. The third kappa shape index (κ3) is 6.39. The average Bonchev–Trinajstić information content (AvgIpc) is 2.86. The molecule has 0 spiro atoms. The largest absolute Gasteiger partial charge is 0.415 e. The molecule has 190 valence electrons. The molecule has 1 atom stereocenters. The lowest BCUT2D eigenvalue weighted by molar-refractivity contribution is -0.127. The zero-order valence-electron chi connectivity index (χ0n) is 20.5. The van der Waals surface area contributed by atoms with Gasteiger partial charge >= 0.3 is 6.09 Å². The standard InChI is InChI=1S/C25H34N4O5S/c1-4-26-24(30)23(20-10-8-7-9-11-20)27-16-18-28(19-17-27)25(31)34-21-12-14-22(15-13-21)35(32,33)29(5-2)6-3/h7-15,23H,4-6,16-19H2,1-3H3,(H,26,30). The van der Waals surface area contributed by atoms with Crippen molar-refractivity contribution in [1.29, 1.82) is 0 Å². The summed E-state index contributed by atoms with van der Waals surface area (Å²) in [6, 6.07) is 15.1. The molecule has 2 amide bonds. The Kier molecular flexibility index (Phi) is 9.25. The summed E-state index contributed by atoms with van der Waals surface area (Å²) >= 11 is 0. The van der Waals surface area contributed by atoms with E-state index in [0.717, 1.165) is 5.56 Å². The van der Waals surface area contributed by atoms with Crippen LogP contribution in [0.2, 0.25) is 0 Å². The number of carbonyl (C=O) groups excluding carboxylic acids is 2. The minimum absolute atomic E-state index is 0.0607. The van der Waals surface area contributed by atoms with Crippen molar-refractivity contribution in [2.24, 2.45) is 0 Å². The second-order valence-electron chi connectivity index (χ2n) is 8.16. The number of ether oxygens (including phenoxy) is 1. The van der Waals surface area contributed by atoms with E-state index in [2.05, 4.69) is 10.2 Å². The number of amides is 2. The molecule has 1 fully saturated rings. The van der Waals surface area contributed by atoms with Gasteiger partial charge in [0, 0.05) is 45.8 Å². The fraction of sp³-hybridized carbons (Fsp3) is 0.440. The Bertz CT molecular complexity index is 1080. The van der Waals surface area contributed by atoms with E-state index in [1.165, 1.54) is 28.6 Å². The first-order chi connectivity index (χ1) is 16.8. The van der Waals surface area contributed by atoms with E-state index in [1.807, 2.05) is 37.3 Å². The Morgan fingerprint density at radius 1 is 0.943 bits per heavy atom. The molecule has 2 aromatic carbocycles. The van der Waals surface area contributed by atoms with Crippen LogP contribution in [0.15, 0.2) is 59.5 Å². The molecule has 1 N–H and O–H groups in total. The van der Waals surface area contributed by atoms with Gasteiger partial charge in [0.2, 0.25) is 15.9 Å². The van der Waals surface area contributed by atoms with Gasteiger partial charge in [-0.05, 0) is 36.8 Å². The van der Waals surface area contributed by atoms with Crippen molar-refractivity contribution in [3.05, 3.63) is 60.2 Å². The third-order valence-electron chi connectivity index (χ3n) is 6.02. The molecule has 0 bridgehead atoms. The molecule has 3 rings (SSSR count). The minimum atomic E-state index is -3.57. The van der Waals surface area contributed by atoms with Gasteiger partial charge in [0.25, 0.3) is 0 Å². The molecule has 1 aliphatic rings. The summed E-state index contributed by atoms with van der Waals surface area (Å²) in [6.45, 7) is 8.64. The second-order valence-corrected chi connectivity index (χ2v) is 10.1. The summed E-state index contributed by atoms with van der Waals surface area (Å²) in [5.41, 5.74) is 0.911. The van der Waals surface area contributed by atoms with Gasteiger partial charge in [-0.3, -0.25) is 9.69 Å². The second kappa shape index (κ2) is 12.1. The maximum atomic E-state index is 12.8. The van der Waals surface area contributed by atoms with Crippen molar-refractivity contribution in [3.63, 3.8) is 0 Å². The Labute approximate surface area is 207 Å². The van der Waals surface area contributed by atoms with E-state index >= 15 is 0 Å². The number of sulfonamides is 1. The first-order valence-electron chi connectivity index (χ1n) is 11.9. The van der Waals surface area contributed by atoms with Crippen LogP contribution in [-0.4, -0.2) is 80.3 Å². The van der Waals surface area contributed by atoms with Crippen molar-refractivity contribution in [2.45, 2.75) is 31.7 Å². The molecular formula is C25H34N4O5S. The van der Waals surface area contributed by atoms with E-state index in [4.69, 9.17) is 4.74 Å². The highest BCUT2D eigenvalue weighted by Crippen LogP contribution is 2.24. The van der Waals surface area contributed by atoms with E-state index in [-0.39, 0.29) is 16.6 Å². The molecule has 1 saturated heterocycles. The van der Waals surface area contributed by atoms with Crippen molar-refractivity contribution in [3.8, 4) is 5.75 Å². The van der Waals surface area contributed by atoms with Gasteiger partial charge in [-0.15, -0.1) is 0 Å². The van der Waals surface area contributed by atoms with Crippen LogP contribution in [0.5, 0.6) is 5.75 Å². The van der Waals surface area contributed by atoms with Gasteiger partial charge in [0.15, 0.2) is 0 Å². The fourth-order valence-electron chi connectivity index (χ4n) is 4.15. The summed E-state index contributed by atoms with van der Waals surface area (Å²) in [6.07, 6.45) is -0.502. The zero-order valence-corrected chi connectivity index (χ0v) is 21.3.